The Hall–Kier alpha value is -1.02. The molecule has 1 amide bonds. The van der Waals surface area contributed by atoms with Crippen LogP contribution < -0.4 is 10.5 Å². The summed E-state index contributed by atoms with van der Waals surface area (Å²) in [6.07, 6.45) is 0.736. The molecule has 1 heterocycles. The summed E-state index contributed by atoms with van der Waals surface area (Å²) < 4.78 is 27.4. The maximum atomic E-state index is 12.4. The topological polar surface area (TPSA) is 92.5 Å². The number of amides is 1. The van der Waals surface area contributed by atoms with Crippen LogP contribution in [0, 0.1) is 0 Å². The second-order valence-corrected chi connectivity index (χ2v) is 7.41. The van der Waals surface area contributed by atoms with Crippen molar-refractivity contribution < 1.29 is 13.2 Å². The highest BCUT2D eigenvalue weighted by molar-refractivity contribution is 7.89. The number of hydrogen-bond donors (Lipinski definition) is 2. The van der Waals surface area contributed by atoms with Gasteiger partial charge in [-0.25, -0.2) is 13.1 Å². The first-order chi connectivity index (χ1) is 9.70. The molecule has 0 bridgehead atoms. The molecule has 1 aromatic carbocycles. The molecule has 1 unspecified atom stereocenters. The number of carbonyl (C=O) groups excluding carboxylic acids is 1. The maximum Gasteiger partial charge on any atom is 0.243 e. The zero-order chi connectivity index (χ0) is 15.8. The van der Waals surface area contributed by atoms with E-state index >= 15 is 0 Å². The average Bonchev–Trinajstić information content (AvgIpc) is 2.31. The van der Waals surface area contributed by atoms with E-state index in [4.69, 9.17) is 28.9 Å². The normalized spacial score (nSPS) is 19.9. The van der Waals surface area contributed by atoms with Crippen LogP contribution in [0.1, 0.15) is 12.8 Å². The smallest absolute Gasteiger partial charge is 0.243 e. The Labute approximate surface area is 133 Å². The van der Waals surface area contributed by atoms with Gasteiger partial charge < -0.3 is 10.6 Å². The average molecular weight is 352 g/mol. The van der Waals surface area contributed by atoms with Gasteiger partial charge in [-0.05, 0) is 18.6 Å². The van der Waals surface area contributed by atoms with Crippen LogP contribution in [0.5, 0.6) is 0 Å². The molecule has 3 N–H and O–H groups in total. The summed E-state index contributed by atoms with van der Waals surface area (Å²) in [6, 6.07) is 2.29. The van der Waals surface area contributed by atoms with E-state index in [-0.39, 0.29) is 32.6 Å². The van der Waals surface area contributed by atoms with Crippen molar-refractivity contribution in [2.24, 2.45) is 0 Å². The van der Waals surface area contributed by atoms with Gasteiger partial charge in [-0.3, -0.25) is 4.79 Å². The van der Waals surface area contributed by atoms with Gasteiger partial charge in [-0.1, -0.05) is 23.2 Å². The van der Waals surface area contributed by atoms with Crippen molar-refractivity contribution in [2.75, 3.05) is 19.3 Å². The summed E-state index contributed by atoms with van der Waals surface area (Å²) in [4.78, 5) is 12.7. The molecule has 9 heteroatoms. The highest BCUT2D eigenvalue weighted by atomic mass is 35.5. The van der Waals surface area contributed by atoms with Gasteiger partial charge in [0.15, 0.2) is 0 Å². The first-order valence-corrected chi connectivity index (χ1v) is 8.45. The van der Waals surface area contributed by atoms with Crippen molar-refractivity contribution in [1.29, 1.82) is 0 Å². The summed E-state index contributed by atoms with van der Waals surface area (Å²) in [5.74, 6) is -0.00556. The largest absolute Gasteiger partial charge is 0.399 e. The molecule has 1 atom stereocenters. The zero-order valence-electron chi connectivity index (χ0n) is 11.3. The number of rotatable bonds is 3. The Morgan fingerprint density at radius 2 is 1.90 bits per heavy atom. The molecule has 1 fully saturated rings. The molecule has 0 saturated carbocycles. The molecule has 0 spiro atoms. The fourth-order valence-electron chi connectivity index (χ4n) is 2.22. The summed E-state index contributed by atoms with van der Waals surface area (Å²) in [7, 11) is -2.26. The van der Waals surface area contributed by atoms with Crippen LogP contribution in [-0.4, -0.2) is 38.9 Å². The van der Waals surface area contributed by atoms with E-state index in [2.05, 4.69) is 4.72 Å². The van der Waals surface area contributed by atoms with Crippen molar-refractivity contribution in [1.82, 2.24) is 9.62 Å². The van der Waals surface area contributed by atoms with Crippen molar-refractivity contribution in [3.05, 3.63) is 22.2 Å². The number of anilines is 1. The van der Waals surface area contributed by atoms with E-state index in [9.17, 15) is 13.2 Å². The van der Waals surface area contributed by atoms with Gasteiger partial charge >= 0.3 is 0 Å². The lowest BCUT2D eigenvalue weighted by molar-refractivity contribution is -0.132. The lowest BCUT2D eigenvalue weighted by atomic mass is 10.1. The second-order valence-electron chi connectivity index (χ2n) is 4.94. The molecular weight excluding hydrogens is 337 g/mol. The number of likely N-dealkylation sites (tertiary alicyclic amines) is 1. The van der Waals surface area contributed by atoms with Gasteiger partial charge in [-0.2, -0.15) is 0 Å². The van der Waals surface area contributed by atoms with Gasteiger partial charge in [0.25, 0.3) is 0 Å². The molecule has 21 heavy (non-hydrogen) atoms. The number of likely N-dealkylation sites (N-methyl/N-ethyl adjacent to an activating group) is 1. The van der Waals surface area contributed by atoms with Crippen molar-refractivity contribution in [2.45, 2.75) is 23.8 Å². The Morgan fingerprint density at radius 3 is 2.43 bits per heavy atom. The molecule has 1 aromatic rings. The fraction of sp³-hybridized carbons (Fsp3) is 0.417. The standard InChI is InChI=1S/C12H15Cl2N3O3S/c1-17-6-8(2-3-11(17)18)16-21(19,20)12-9(13)4-7(15)5-10(12)14/h4-5,8,16H,2-3,6,15H2,1H3. The molecule has 1 aliphatic rings. The summed E-state index contributed by atoms with van der Waals surface area (Å²) in [5, 5.41) is -0.0690. The SMILES string of the molecule is CN1CC(NS(=O)(=O)c2c(Cl)cc(N)cc2Cl)CCC1=O. The van der Waals surface area contributed by atoms with E-state index in [0.29, 0.717) is 19.4 Å². The summed E-state index contributed by atoms with van der Waals surface area (Å²) in [6.45, 7) is 0.308. The highest BCUT2D eigenvalue weighted by Crippen LogP contribution is 2.32. The van der Waals surface area contributed by atoms with E-state index in [0.717, 1.165) is 0 Å². The van der Waals surface area contributed by atoms with Crippen LogP contribution in [0.15, 0.2) is 17.0 Å². The lowest BCUT2D eigenvalue weighted by Gasteiger charge is -2.30. The van der Waals surface area contributed by atoms with E-state index < -0.39 is 10.0 Å². The Morgan fingerprint density at radius 1 is 1.33 bits per heavy atom. The van der Waals surface area contributed by atoms with E-state index in [1.165, 1.54) is 17.0 Å². The third kappa shape index (κ3) is 3.60. The number of benzene rings is 1. The van der Waals surface area contributed by atoms with E-state index in [1.807, 2.05) is 0 Å². The Balaban J connectivity index is 2.25. The van der Waals surface area contributed by atoms with Crippen LogP contribution in [-0.2, 0) is 14.8 Å². The minimum absolute atomic E-state index is 0.00556. The molecule has 1 saturated heterocycles. The van der Waals surface area contributed by atoms with Crippen molar-refractivity contribution >= 4 is 44.8 Å². The fourth-order valence-corrected chi connectivity index (χ4v) is 4.72. The maximum absolute atomic E-state index is 12.4. The first kappa shape index (κ1) is 16.4. The number of nitrogens with two attached hydrogens (primary N) is 1. The Kier molecular flexibility index (Phi) is 4.67. The van der Waals surface area contributed by atoms with Crippen LogP contribution in [0.2, 0.25) is 10.0 Å². The zero-order valence-corrected chi connectivity index (χ0v) is 13.6. The molecule has 0 aliphatic carbocycles. The molecule has 1 aliphatic heterocycles. The van der Waals surface area contributed by atoms with Crippen LogP contribution in [0.3, 0.4) is 0 Å². The van der Waals surface area contributed by atoms with Gasteiger partial charge in [-0.15, -0.1) is 0 Å². The summed E-state index contributed by atoms with van der Waals surface area (Å²) in [5.41, 5.74) is 5.85. The lowest BCUT2D eigenvalue weighted by Crippen LogP contribution is -2.48. The van der Waals surface area contributed by atoms with Gasteiger partial charge in [0.05, 0.1) is 10.0 Å². The molecule has 0 aromatic heterocycles. The molecule has 6 nitrogen and oxygen atoms in total. The van der Waals surface area contributed by atoms with Gasteiger partial charge in [0.2, 0.25) is 15.9 Å². The van der Waals surface area contributed by atoms with Gasteiger partial charge in [0.1, 0.15) is 4.90 Å². The van der Waals surface area contributed by atoms with Gasteiger partial charge in [0, 0.05) is 31.7 Å². The number of nitrogen functional groups attached to an aromatic ring is 1. The number of piperidine rings is 1. The number of carbonyl (C=O) groups is 1. The van der Waals surface area contributed by atoms with Crippen LogP contribution in [0.25, 0.3) is 0 Å². The third-order valence-electron chi connectivity index (χ3n) is 3.24. The quantitative estimate of drug-likeness (QED) is 0.806. The molecular formula is C12H15Cl2N3O3S. The van der Waals surface area contributed by atoms with Crippen LogP contribution >= 0.6 is 23.2 Å². The minimum atomic E-state index is -3.89. The van der Waals surface area contributed by atoms with Crippen molar-refractivity contribution in [3.8, 4) is 0 Å². The monoisotopic (exact) mass is 351 g/mol. The first-order valence-electron chi connectivity index (χ1n) is 6.21. The minimum Gasteiger partial charge on any atom is -0.399 e. The second kappa shape index (κ2) is 6.00. The number of nitrogens with one attached hydrogen (secondary N) is 1. The highest BCUT2D eigenvalue weighted by Gasteiger charge is 2.29. The van der Waals surface area contributed by atoms with Crippen LogP contribution in [0.4, 0.5) is 5.69 Å². The molecule has 116 valence electrons. The predicted octanol–water partition coefficient (Wildman–Crippen LogP) is 1.47. The summed E-state index contributed by atoms with van der Waals surface area (Å²) >= 11 is 11.9. The number of hydrogen-bond acceptors (Lipinski definition) is 4. The number of sulfonamides is 1. The molecule has 0 radical (unpaired) electrons. The predicted molar refractivity (Wildman–Crippen MR) is 81.9 cm³/mol. The number of nitrogens with zero attached hydrogens (tertiary/aromatic N) is 1. The Bertz CT molecular complexity index is 655. The van der Waals surface area contributed by atoms with Crippen molar-refractivity contribution in [3.63, 3.8) is 0 Å². The third-order valence-corrected chi connectivity index (χ3v) is 5.68. The van der Waals surface area contributed by atoms with E-state index in [1.54, 1.807) is 7.05 Å². The number of halogens is 2. The molecule has 2 rings (SSSR count).